The average Bonchev–Trinajstić information content (AvgIpc) is 2.97. The quantitative estimate of drug-likeness (QED) is 0.802. The SMILES string of the molecule is Cc1nc2sccn2c1CNc1ccc(S(C)(=O)=O)cc1. The van der Waals surface area contributed by atoms with Gasteiger partial charge in [-0.15, -0.1) is 11.3 Å². The van der Waals surface area contributed by atoms with Gasteiger partial charge in [0.05, 0.1) is 22.8 Å². The van der Waals surface area contributed by atoms with E-state index in [1.165, 1.54) is 6.26 Å². The summed E-state index contributed by atoms with van der Waals surface area (Å²) < 4.78 is 24.9. The molecular formula is C14H15N3O2S2. The Hall–Kier alpha value is -1.86. The standard InChI is InChI=1S/C14H15N3O2S2/c1-10-13(17-7-8-20-14(17)16-10)9-15-11-3-5-12(6-4-11)21(2,18)19/h3-8,15H,9H2,1-2H3. The summed E-state index contributed by atoms with van der Waals surface area (Å²) in [6.07, 6.45) is 3.21. The molecule has 0 saturated carbocycles. The molecule has 1 N–H and O–H groups in total. The summed E-state index contributed by atoms with van der Waals surface area (Å²) in [5.74, 6) is 0. The molecule has 0 radical (unpaired) electrons. The van der Waals surface area contributed by atoms with E-state index in [-0.39, 0.29) is 0 Å². The van der Waals surface area contributed by atoms with Gasteiger partial charge in [-0.2, -0.15) is 0 Å². The van der Waals surface area contributed by atoms with Gasteiger partial charge in [-0.05, 0) is 31.2 Å². The molecule has 21 heavy (non-hydrogen) atoms. The first-order chi connectivity index (χ1) is 9.95. The molecule has 0 aliphatic heterocycles. The molecule has 0 atom stereocenters. The maximum Gasteiger partial charge on any atom is 0.194 e. The molecule has 2 aromatic heterocycles. The van der Waals surface area contributed by atoms with E-state index in [1.54, 1.807) is 35.6 Å². The van der Waals surface area contributed by atoms with Crippen LogP contribution < -0.4 is 5.32 Å². The first-order valence-electron chi connectivity index (χ1n) is 6.40. The summed E-state index contributed by atoms with van der Waals surface area (Å²) in [6, 6.07) is 6.78. The van der Waals surface area contributed by atoms with Crippen LogP contribution in [0, 0.1) is 6.92 Å². The molecule has 1 aromatic carbocycles. The van der Waals surface area contributed by atoms with Crippen molar-refractivity contribution in [2.24, 2.45) is 0 Å². The second kappa shape index (κ2) is 5.16. The average molecular weight is 321 g/mol. The third-order valence-corrected chi connectivity index (χ3v) is 5.19. The number of benzene rings is 1. The fraction of sp³-hybridized carbons (Fsp3) is 0.214. The Morgan fingerprint density at radius 2 is 2.00 bits per heavy atom. The highest BCUT2D eigenvalue weighted by Gasteiger charge is 2.10. The number of nitrogens with zero attached hydrogens (tertiary/aromatic N) is 2. The largest absolute Gasteiger partial charge is 0.379 e. The number of rotatable bonds is 4. The number of aromatic nitrogens is 2. The van der Waals surface area contributed by atoms with Crippen molar-refractivity contribution in [3.8, 4) is 0 Å². The number of hydrogen-bond donors (Lipinski definition) is 1. The minimum absolute atomic E-state index is 0.328. The lowest BCUT2D eigenvalue weighted by molar-refractivity contribution is 0.602. The maximum absolute atomic E-state index is 11.4. The van der Waals surface area contributed by atoms with Crippen LogP contribution >= 0.6 is 11.3 Å². The van der Waals surface area contributed by atoms with Gasteiger partial charge in [-0.1, -0.05) is 0 Å². The minimum Gasteiger partial charge on any atom is -0.379 e. The maximum atomic E-state index is 11.4. The monoisotopic (exact) mass is 321 g/mol. The van der Waals surface area contributed by atoms with Crippen molar-refractivity contribution in [3.05, 3.63) is 47.2 Å². The van der Waals surface area contributed by atoms with Crippen LogP contribution in [-0.4, -0.2) is 24.1 Å². The van der Waals surface area contributed by atoms with Gasteiger partial charge < -0.3 is 5.32 Å². The molecule has 0 bridgehead atoms. The zero-order valence-corrected chi connectivity index (χ0v) is 13.3. The van der Waals surface area contributed by atoms with Gasteiger partial charge in [0.15, 0.2) is 14.8 Å². The molecular weight excluding hydrogens is 306 g/mol. The van der Waals surface area contributed by atoms with Crippen LogP contribution in [0.25, 0.3) is 4.96 Å². The van der Waals surface area contributed by atoms with E-state index in [0.717, 1.165) is 22.0 Å². The first kappa shape index (κ1) is 14.1. The van der Waals surface area contributed by atoms with E-state index in [1.807, 2.05) is 18.5 Å². The molecule has 7 heteroatoms. The van der Waals surface area contributed by atoms with Gasteiger partial charge in [0, 0.05) is 23.5 Å². The van der Waals surface area contributed by atoms with Crippen LogP contribution in [0.15, 0.2) is 40.7 Å². The lowest BCUT2D eigenvalue weighted by Crippen LogP contribution is -2.04. The van der Waals surface area contributed by atoms with Crippen LogP contribution in [-0.2, 0) is 16.4 Å². The molecule has 5 nitrogen and oxygen atoms in total. The lowest BCUT2D eigenvalue weighted by Gasteiger charge is -2.07. The Labute approximate surface area is 127 Å². The summed E-state index contributed by atoms with van der Waals surface area (Å²) >= 11 is 1.61. The first-order valence-corrected chi connectivity index (χ1v) is 9.17. The number of fused-ring (bicyclic) bond motifs is 1. The van der Waals surface area contributed by atoms with E-state index in [9.17, 15) is 8.42 Å². The number of nitrogens with one attached hydrogen (secondary N) is 1. The zero-order valence-electron chi connectivity index (χ0n) is 11.7. The van der Waals surface area contributed by atoms with E-state index >= 15 is 0 Å². The van der Waals surface area contributed by atoms with Crippen LogP contribution in [0.3, 0.4) is 0 Å². The van der Waals surface area contributed by atoms with Gasteiger partial charge in [0.2, 0.25) is 0 Å². The topological polar surface area (TPSA) is 63.5 Å². The van der Waals surface area contributed by atoms with Crippen molar-refractivity contribution >= 4 is 31.8 Å². The molecule has 110 valence electrons. The Bertz CT molecular complexity index is 877. The zero-order chi connectivity index (χ0) is 15.0. The van der Waals surface area contributed by atoms with Crippen LogP contribution in [0.5, 0.6) is 0 Å². The number of hydrogen-bond acceptors (Lipinski definition) is 5. The molecule has 0 aliphatic carbocycles. The Morgan fingerprint density at radius 1 is 1.29 bits per heavy atom. The number of imidazole rings is 1. The van der Waals surface area contributed by atoms with Crippen molar-refractivity contribution in [3.63, 3.8) is 0 Å². The molecule has 0 fully saturated rings. The van der Waals surface area contributed by atoms with Gasteiger partial charge in [0.1, 0.15) is 0 Å². The molecule has 0 unspecified atom stereocenters. The number of sulfone groups is 1. The molecule has 3 aromatic rings. The normalized spacial score (nSPS) is 11.9. The van der Waals surface area contributed by atoms with Gasteiger partial charge >= 0.3 is 0 Å². The molecule has 3 rings (SSSR count). The van der Waals surface area contributed by atoms with Gasteiger partial charge in [0.25, 0.3) is 0 Å². The van der Waals surface area contributed by atoms with E-state index < -0.39 is 9.84 Å². The lowest BCUT2D eigenvalue weighted by atomic mass is 10.3. The van der Waals surface area contributed by atoms with E-state index in [2.05, 4.69) is 14.7 Å². The molecule has 0 amide bonds. The van der Waals surface area contributed by atoms with E-state index in [0.29, 0.717) is 11.4 Å². The minimum atomic E-state index is -3.15. The van der Waals surface area contributed by atoms with Crippen LogP contribution in [0.4, 0.5) is 5.69 Å². The Balaban J connectivity index is 1.79. The fourth-order valence-electron chi connectivity index (χ4n) is 2.16. The van der Waals surface area contributed by atoms with Gasteiger partial charge in [-0.3, -0.25) is 4.40 Å². The third-order valence-electron chi connectivity index (χ3n) is 3.30. The van der Waals surface area contributed by atoms with Gasteiger partial charge in [-0.25, -0.2) is 13.4 Å². The van der Waals surface area contributed by atoms with Crippen LogP contribution in [0.1, 0.15) is 11.4 Å². The molecule has 2 heterocycles. The molecule has 0 aliphatic rings. The molecule has 0 saturated heterocycles. The number of thiazole rings is 1. The van der Waals surface area contributed by atoms with Crippen molar-refractivity contribution in [1.82, 2.24) is 9.38 Å². The van der Waals surface area contributed by atoms with Crippen molar-refractivity contribution in [1.29, 1.82) is 0 Å². The van der Waals surface area contributed by atoms with Crippen LogP contribution in [0.2, 0.25) is 0 Å². The second-order valence-corrected chi connectivity index (χ2v) is 7.74. The number of anilines is 1. The summed E-state index contributed by atoms with van der Waals surface area (Å²) in [6.45, 7) is 2.63. The summed E-state index contributed by atoms with van der Waals surface area (Å²) in [5.41, 5.74) is 2.99. The Morgan fingerprint density at radius 3 is 2.67 bits per heavy atom. The predicted octanol–water partition coefficient (Wildman–Crippen LogP) is 2.72. The summed E-state index contributed by atoms with van der Waals surface area (Å²) in [7, 11) is -3.15. The Kier molecular flexibility index (Phi) is 3.46. The van der Waals surface area contributed by atoms with Crippen molar-refractivity contribution < 1.29 is 8.42 Å². The fourth-order valence-corrected chi connectivity index (χ4v) is 3.57. The molecule has 0 spiro atoms. The summed E-state index contributed by atoms with van der Waals surface area (Å²) in [5, 5.41) is 5.30. The summed E-state index contributed by atoms with van der Waals surface area (Å²) in [4.78, 5) is 5.80. The number of aryl methyl sites for hydroxylation is 1. The van der Waals surface area contributed by atoms with Crippen molar-refractivity contribution in [2.45, 2.75) is 18.4 Å². The predicted molar refractivity (Wildman–Crippen MR) is 84.7 cm³/mol. The van der Waals surface area contributed by atoms with E-state index in [4.69, 9.17) is 0 Å². The van der Waals surface area contributed by atoms with Crippen molar-refractivity contribution in [2.75, 3.05) is 11.6 Å². The highest BCUT2D eigenvalue weighted by Crippen LogP contribution is 2.19. The second-order valence-electron chi connectivity index (χ2n) is 4.85. The third kappa shape index (κ3) is 2.79. The smallest absolute Gasteiger partial charge is 0.194 e. The highest BCUT2D eigenvalue weighted by molar-refractivity contribution is 7.90. The highest BCUT2D eigenvalue weighted by atomic mass is 32.2.